The second kappa shape index (κ2) is 8.78. The number of piperidine rings is 1. The van der Waals surface area contributed by atoms with Crippen LogP contribution in [0.15, 0.2) is 48.5 Å². The molecule has 2 heterocycles. The lowest BCUT2D eigenvalue weighted by Gasteiger charge is -2.35. The van der Waals surface area contributed by atoms with E-state index in [0.29, 0.717) is 6.54 Å². The number of likely N-dealkylation sites (tertiary alicyclic amines) is 1. The van der Waals surface area contributed by atoms with Crippen molar-refractivity contribution in [3.8, 4) is 0 Å². The number of amides is 1. The average Bonchev–Trinajstić information content (AvgIpc) is 2.78. The molecule has 1 saturated heterocycles. The number of hydrogen-bond donors (Lipinski definition) is 0. The SMILES string of the molecule is COC(=O)C1c2ccccc2CCN1Cc1cccc(C(=O)N2CCCCC2)c1. The smallest absolute Gasteiger partial charge is 0.327 e. The zero-order chi connectivity index (χ0) is 20.2. The molecule has 4 rings (SSSR count). The summed E-state index contributed by atoms with van der Waals surface area (Å²) in [6.45, 7) is 3.07. The molecule has 0 aliphatic carbocycles. The summed E-state index contributed by atoms with van der Waals surface area (Å²) in [6.07, 6.45) is 4.27. The highest BCUT2D eigenvalue weighted by atomic mass is 16.5. The zero-order valence-electron chi connectivity index (χ0n) is 17.0. The lowest BCUT2D eigenvalue weighted by Crippen LogP contribution is -2.40. The number of benzene rings is 2. The lowest BCUT2D eigenvalue weighted by molar-refractivity contribution is -0.148. The van der Waals surface area contributed by atoms with Gasteiger partial charge in [0.15, 0.2) is 0 Å². The highest BCUT2D eigenvalue weighted by Crippen LogP contribution is 2.32. The van der Waals surface area contributed by atoms with Gasteiger partial charge in [-0.25, -0.2) is 4.79 Å². The molecule has 5 nitrogen and oxygen atoms in total. The van der Waals surface area contributed by atoms with Crippen molar-refractivity contribution in [2.24, 2.45) is 0 Å². The van der Waals surface area contributed by atoms with Crippen LogP contribution in [0.4, 0.5) is 0 Å². The molecule has 1 fully saturated rings. The van der Waals surface area contributed by atoms with Crippen LogP contribution in [-0.2, 0) is 22.5 Å². The molecule has 0 aromatic heterocycles. The van der Waals surface area contributed by atoms with Crippen LogP contribution in [0.3, 0.4) is 0 Å². The van der Waals surface area contributed by atoms with Crippen molar-refractivity contribution in [2.45, 2.75) is 38.3 Å². The van der Waals surface area contributed by atoms with Gasteiger partial charge in [-0.3, -0.25) is 9.69 Å². The summed E-state index contributed by atoms with van der Waals surface area (Å²) in [5, 5.41) is 0. The third-order valence-corrected chi connectivity index (χ3v) is 6.01. The first-order valence-corrected chi connectivity index (χ1v) is 10.5. The molecule has 0 radical (unpaired) electrons. The Morgan fingerprint density at radius 3 is 2.59 bits per heavy atom. The van der Waals surface area contributed by atoms with E-state index in [1.54, 1.807) is 0 Å². The van der Waals surface area contributed by atoms with Gasteiger partial charge >= 0.3 is 5.97 Å². The van der Waals surface area contributed by atoms with Gasteiger partial charge in [-0.2, -0.15) is 0 Å². The number of methoxy groups -OCH3 is 1. The predicted octanol–water partition coefficient (Wildman–Crippen LogP) is 3.59. The number of ether oxygens (including phenoxy) is 1. The maximum Gasteiger partial charge on any atom is 0.327 e. The summed E-state index contributed by atoms with van der Waals surface area (Å²) >= 11 is 0. The molecular formula is C24H28N2O3. The van der Waals surface area contributed by atoms with Crippen molar-refractivity contribution in [1.29, 1.82) is 0 Å². The second-order valence-corrected chi connectivity index (χ2v) is 7.90. The van der Waals surface area contributed by atoms with Crippen LogP contribution >= 0.6 is 0 Å². The van der Waals surface area contributed by atoms with Crippen LogP contribution in [0.25, 0.3) is 0 Å². The standard InChI is InChI=1S/C24H28N2O3/c1-29-24(28)22-21-11-4-3-9-19(21)12-15-26(22)17-18-8-7-10-20(16-18)23(27)25-13-5-2-6-14-25/h3-4,7-11,16,22H,2,5-6,12-15,17H2,1H3. The Bertz CT molecular complexity index is 889. The minimum Gasteiger partial charge on any atom is -0.468 e. The van der Waals surface area contributed by atoms with Crippen LogP contribution < -0.4 is 0 Å². The van der Waals surface area contributed by atoms with E-state index in [1.165, 1.54) is 19.1 Å². The summed E-state index contributed by atoms with van der Waals surface area (Å²) in [5.74, 6) is -0.127. The Morgan fingerprint density at radius 2 is 1.79 bits per heavy atom. The molecular weight excluding hydrogens is 364 g/mol. The molecule has 1 atom stereocenters. The third-order valence-electron chi connectivity index (χ3n) is 6.01. The monoisotopic (exact) mass is 392 g/mol. The van der Waals surface area contributed by atoms with Crippen molar-refractivity contribution in [3.63, 3.8) is 0 Å². The van der Waals surface area contributed by atoms with Gasteiger partial charge in [0, 0.05) is 31.7 Å². The second-order valence-electron chi connectivity index (χ2n) is 7.90. The van der Waals surface area contributed by atoms with E-state index in [4.69, 9.17) is 4.74 Å². The summed E-state index contributed by atoms with van der Waals surface area (Å²) in [6, 6.07) is 15.5. The van der Waals surface area contributed by atoms with E-state index in [1.807, 2.05) is 47.4 Å². The van der Waals surface area contributed by atoms with Crippen LogP contribution in [0.5, 0.6) is 0 Å². The maximum atomic E-state index is 12.9. The maximum absolute atomic E-state index is 12.9. The number of nitrogens with zero attached hydrogens (tertiary/aromatic N) is 2. The number of esters is 1. The molecule has 152 valence electrons. The van der Waals surface area contributed by atoms with E-state index in [2.05, 4.69) is 11.0 Å². The number of carbonyl (C=O) groups excluding carboxylic acids is 2. The van der Waals surface area contributed by atoms with E-state index < -0.39 is 6.04 Å². The number of rotatable bonds is 4. The first-order chi connectivity index (χ1) is 14.2. The first-order valence-electron chi connectivity index (χ1n) is 10.5. The summed E-state index contributed by atoms with van der Waals surface area (Å²) < 4.78 is 5.11. The highest BCUT2D eigenvalue weighted by molar-refractivity contribution is 5.94. The van der Waals surface area contributed by atoms with Crippen molar-refractivity contribution < 1.29 is 14.3 Å². The molecule has 2 aliphatic rings. The van der Waals surface area contributed by atoms with E-state index in [9.17, 15) is 9.59 Å². The van der Waals surface area contributed by atoms with Gasteiger partial charge in [-0.15, -0.1) is 0 Å². The molecule has 2 aromatic rings. The molecule has 0 bridgehead atoms. The fourth-order valence-corrected chi connectivity index (χ4v) is 4.49. The van der Waals surface area contributed by atoms with Crippen LogP contribution in [0.1, 0.15) is 52.4 Å². The average molecular weight is 392 g/mol. The lowest BCUT2D eigenvalue weighted by atomic mass is 9.92. The molecule has 0 spiro atoms. The van der Waals surface area contributed by atoms with Gasteiger partial charge < -0.3 is 9.64 Å². The Morgan fingerprint density at radius 1 is 1.00 bits per heavy atom. The van der Waals surface area contributed by atoms with Crippen molar-refractivity contribution in [1.82, 2.24) is 9.80 Å². The van der Waals surface area contributed by atoms with Crippen molar-refractivity contribution in [2.75, 3.05) is 26.7 Å². The van der Waals surface area contributed by atoms with E-state index in [0.717, 1.165) is 55.6 Å². The molecule has 29 heavy (non-hydrogen) atoms. The van der Waals surface area contributed by atoms with Gasteiger partial charge in [0.1, 0.15) is 6.04 Å². The number of carbonyl (C=O) groups is 2. The number of hydrogen-bond acceptors (Lipinski definition) is 4. The Balaban J connectivity index is 1.55. The molecule has 1 unspecified atom stereocenters. The van der Waals surface area contributed by atoms with Crippen molar-refractivity contribution >= 4 is 11.9 Å². The molecule has 2 aliphatic heterocycles. The van der Waals surface area contributed by atoms with Crippen LogP contribution in [0, 0.1) is 0 Å². The molecule has 2 aromatic carbocycles. The highest BCUT2D eigenvalue weighted by Gasteiger charge is 2.33. The number of fused-ring (bicyclic) bond motifs is 1. The fourth-order valence-electron chi connectivity index (χ4n) is 4.49. The minimum absolute atomic E-state index is 0.111. The van der Waals surface area contributed by atoms with Gasteiger partial charge in [-0.1, -0.05) is 36.4 Å². The predicted molar refractivity (Wildman–Crippen MR) is 112 cm³/mol. The molecule has 5 heteroatoms. The summed E-state index contributed by atoms with van der Waals surface area (Å²) in [4.78, 5) is 29.6. The quantitative estimate of drug-likeness (QED) is 0.747. The van der Waals surface area contributed by atoms with Gasteiger partial charge in [-0.05, 0) is 54.5 Å². The molecule has 0 N–H and O–H groups in total. The Kier molecular flexibility index (Phi) is 5.95. The van der Waals surface area contributed by atoms with Gasteiger partial charge in [0.2, 0.25) is 0 Å². The van der Waals surface area contributed by atoms with Gasteiger partial charge in [0.25, 0.3) is 5.91 Å². The van der Waals surface area contributed by atoms with Crippen LogP contribution in [-0.4, -0.2) is 48.4 Å². The van der Waals surface area contributed by atoms with E-state index >= 15 is 0 Å². The fraction of sp³-hybridized carbons (Fsp3) is 0.417. The topological polar surface area (TPSA) is 49.9 Å². The molecule has 0 saturated carbocycles. The molecule has 1 amide bonds. The Labute approximate surface area is 172 Å². The third kappa shape index (κ3) is 4.20. The van der Waals surface area contributed by atoms with Crippen molar-refractivity contribution in [3.05, 3.63) is 70.8 Å². The Hall–Kier alpha value is -2.66. The van der Waals surface area contributed by atoms with Gasteiger partial charge in [0.05, 0.1) is 7.11 Å². The normalized spacial score (nSPS) is 19.5. The van der Waals surface area contributed by atoms with Crippen LogP contribution in [0.2, 0.25) is 0 Å². The summed E-state index contributed by atoms with van der Waals surface area (Å²) in [5.41, 5.74) is 4.00. The largest absolute Gasteiger partial charge is 0.468 e. The minimum atomic E-state index is -0.411. The zero-order valence-corrected chi connectivity index (χ0v) is 17.0. The first kappa shape index (κ1) is 19.6. The summed E-state index contributed by atoms with van der Waals surface area (Å²) in [7, 11) is 1.44. The van der Waals surface area contributed by atoms with E-state index in [-0.39, 0.29) is 11.9 Å².